The van der Waals surface area contributed by atoms with Gasteiger partial charge in [0.15, 0.2) is 5.65 Å². The number of pyridine rings is 1. The summed E-state index contributed by atoms with van der Waals surface area (Å²) in [5, 5.41) is 10.5. The SMILES string of the molecule is COc1ccc(C)cc1NC(=O)CNC(=O)c1cc2c(C)nn(C)c2nc1C. The van der Waals surface area contributed by atoms with E-state index in [1.807, 2.05) is 33.0 Å². The van der Waals surface area contributed by atoms with Crippen LogP contribution in [0.25, 0.3) is 11.0 Å². The minimum atomic E-state index is -0.360. The van der Waals surface area contributed by atoms with E-state index in [1.165, 1.54) is 7.11 Å². The number of aromatic nitrogens is 3. The smallest absolute Gasteiger partial charge is 0.253 e. The van der Waals surface area contributed by atoms with Crippen LogP contribution in [-0.2, 0) is 11.8 Å². The summed E-state index contributed by atoms with van der Waals surface area (Å²) in [6.45, 7) is 5.38. The highest BCUT2D eigenvalue weighted by Crippen LogP contribution is 2.25. The van der Waals surface area contributed by atoms with Crippen LogP contribution in [-0.4, -0.2) is 40.2 Å². The second kappa shape index (κ2) is 7.67. The van der Waals surface area contributed by atoms with Gasteiger partial charge < -0.3 is 15.4 Å². The average Bonchev–Trinajstić information content (AvgIpc) is 2.92. The first-order chi connectivity index (χ1) is 13.3. The first-order valence-electron chi connectivity index (χ1n) is 8.83. The predicted octanol–water partition coefficient (Wildman–Crippen LogP) is 2.27. The lowest BCUT2D eigenvalue weighted by Crippen LogP contribution is -2.33. The Morgan fingerprint density at radius 3 is 2.61 bits per heavy atom. The van der Waals surface area contributed by atoms with Crippen molar-refractivity contribution < 1.29 is 14.3 Å². The summed E-state index contributed by atoms with van der Waals surface area (Å²) in [4.78, 5) is 29.3. The van der Waals surface area contributed by atoms with Gasteiger partial charge in [-0.2, -0.15) is 5.10 Å². The van der Waals surface area contributed by atoms with Crippen LogP contribution in [0.1, 0.15) is 27.3 Å². The van der Waals surface area contributed by atoms with Crippen molar-refractivity contribution in [1.29, 1.82) is 0 Å². The molecule has 2 heterocycles. The maximum absolute atomic E-state index is 12.6. The first-order valence-corrected chi connectivity index (χ1v) is 8.83. The Hall–Kier alpha value is -3.42. The zero-order valence-corrected chi connectivity index (χ0v) is 16.6. The molecule has 0 fully saturated rings. The molecule has 0 aliphatic carbocycles. The molecule has 2 amide bonds. The van der Waals surface area contributed by atoms with Gasteiger partial charge in [0.25, 0.3) is 5.91 Å². The van der Waals surface area contributed by atoms with Crippen molar-refractivity contribution in [3.05, 3.63) is 46.8 Å². The van der Waals surface area contributed by atoms with Crippen LogP contribution < -0.4 is 15.4 Å². The number of nitrogens with one attached hydrogen (secondary N) is 2. The fourth-order valence-corrected chi connectivity index (χ4v) is 3.03. The van der Waals surface area contributed by atoms with Crippen molar-refractivity contribution in [3.63, 3.8) is 0 Å². The third kappa shape index (κ3) is 3.80. The van der Waals surface area contributed by atoms with Gasteiger partial charge in [-0.25, -0.2) is 4.98 Å². The largest absolute Gasteiger partial charge is 0.495 e. The van der Waals surface area contributed by atoms with Crippen molar-refractivity contribution in [2.45, 2.75) is 20.8 Å². The Labute approximate surface area is 162 Å². The van der Waals surface area contributed by atoms with Crippen LogP contribution in [0.5, 0.6) is 5.75 Å². The summed E-state index contributed by atoms with van der Waals surface area (Å²) in [6.07, 6.45) is 0. The van der Waals surface area contributed by atoms with Crippen LogP contribution in [0.2, 0.25) is 0 Å². The molecule has 3 aromatic rings. The molecule has 28 heavy (non-hydrogen) atoms. The molecule has 8 heteroatoms. The molecule has 0 radical (unpaired) electrons. The molecule has 146 valence electrons. The average molecular weight is 381 g/mol. The molecule has 0 unspecified atom stereocenters. The Morgan fingerprint density at radius 1 is 1.14 bits per heavy atom. The third-order valence-electron chi connectivity index (χ3n) is 4.47. The number of anilines is 1. The molecule has 2 N–H and O–H groups in total. The lowest BCUT2D eigenvalue weighted by atomic mass is 10.1. The normalized spacial score (nSPS) is 10.8. The number of benzene rings is 1. The predicted molar refractivity (Wildman–Crippen MR) is 107 cm³/mol. The fourth-order valence-electron chi connectivity index (χ4n) is 3.03. The molecule has 0 saturated carbocycles. The van der Waals surface area contributed by atoms with E-state index >= 15 is 0 Å². The first kappa shape index (κ1) is 19.3. The van der Waals surface area contributed by atoms with Gasteiger partial charge in [0, 0.05) is 12.4 Å². The molecule has 8 nitrogen and oxygen atoms in total. The van der Waals surface area contributed by atoms with Gasteiger partial charge >= 0.3 is 0 Å². The summed E-state index contributed by atoms with van der Waals surface area (Å²) >= 11 is 0. The summed E-state index contributed by atoms with van der Waals surface area (Å²) in [6, 6.07) is 7.25. The van der Waals surface area contributed by atoms with Gasteiger partial charge in [-0.15, -0.1) is 0 Å². The number of nitrogens with zero attached hydrogens (tertiary/aromatic N) is 3. The van der Waals surface area contributed by atoms with Crippen LogP contribution >= 0.6 is 0 Å². The molecule has 0 bridgehead atoms. The lowest BCUT2D eigenvalue weighted by Gasteiger charge is -2.12. The minimum absolute atomic E-state index is 0.167. The maximum atomic E-state index is 12.6. The number of fused-ring (bicyclic) bond motifs is 1. The number of amides is 2. The molecule has 0 saturated heterocycles. The standard InChI is InChI=1S/C20H23N5O3/c1-11-6-7-17(28-5)16(8-11)23-18(26)10-21-20(27)15-9-14-13(3)24-25(4)19(14)22-12(15)2/h6-9H,10H2,1-5H3,(H,21,27)(H,23,26). The zero-order chi connectivity index (χ0) is 20.4. The van der Waals surface area contributed by atoms with Crippen molar-refractivity contribution in [1.82, 2.24) is 20.1 Å². The number of ether oxygens (including phenoxy) is 1. The molecule has 0 atom stereocenters. The van der Waals surface area contributed by atoms with Gasteiger partial charge in [0.1, 0.15) is 5.75 Å². The Morgan fingerprint density at radius 2 is 1.89 bits per heavy atom. The third-order valence-corrected chi connectivity index (χ3v) is 4.47. The van der Waals surface area contributed by atoms with E-state index in [2.05, 4.69) is 20.7 Å². The number of carbonyl (C=O) groups is 2. The highest BCUT2D eigenvalue weighted by molar-refractivity contribution is 6.02. The van der Waals surface area contributed by atoms with Crippen molar-refractivity contribution in [2.24, 2.45) is 7.05 Å². The van der Waals surface area contributed by atoms with E-state index in [-0.39, 0.29) is 18.4 Å². The molecule has 0 spiro atoms. The summed E-state index contributed by atoms with van der Waals surface area (Å²) in [5.41, 5.74) is 4.06. The summed E-state index contributed by atoms with van der Waals surface area (Å²) in [5.74, 6) is -0.147. The molecule has 3 rings (SSSR count). The lowest BCUT2D eigenvalue weighted by molar-refractivity contribution is -0.115. The van der Waals surface area contributed by atoms with E-state index in [9.17, 15) is 9.59 Å². The molecule has 0 aliphatic rings. The highest BCUT2D eigenvalue weighted by Gasteiger charge is 2.16. The highest BCUT2D eigenvalue weighted by atomic mass is 16.5. The Balaban J connectivity index is 1.71. The zero-order valence-electron chi connectivity index (χ0n) is 16.6. The number of hydrogen-bond acceptors (Lipinski definition) is 5. The van der Waals surface area contributed by atoms with Crippen LogP contribution in [0.4, 0.5) is 5.69 Å². The topological polar surface area (TPSA) is 98.1 Å². The molecule has 2 aromatic heterocycles. The van der Waals surface area contributed by atoms with E-state index in [0.29, 0.717) is 22.7 Å². The minimum Gasteiger partial charge on any atom is -0.495 e. The second-order valence-corrected chi connectivity index (χ2v) is 6.64. The maximum Gasteiger partial charge on any atom is 0.253 e. The summed E-state index contributed by atoms with van der Waals surface area (Å²) < 4.78 is 6.93. The van der Waals surface area contributed by atoms with Gasteiger partial charge in [-0.1, -0.05) is 6.07 Å². The Kier molecular flexibility index (Phi) is 5.30. The number of rotatable bonds is 5. The van der Waals surface area contributed by atoms with Crippen LogP contribution in [0, 0.1) is 20.8 Å². The molecular weight excluding hydrogens is 358 g/mol. The number of hydrogen-bond donors (Lipinski definition) is 2. The van der Waals surface area contributed by atoms with E-state index in [0.717, 1.165) is 22.3 Å². The van der Waals surface area contributed by atoms with Gasteiger partial charge in [-0.05, 0) is 44.5 Å². The van der Waals surface area contributed by atoms with Crippen molar-refractivity contribution >= 4 is 28.5 Å². The van der Waals surface area contributed by atoms with Crippen molar-refractivity contribution in [3.8, 4) is 5.75 Å². The summed E-state index contributed by atoms with van der Waals surface area (Å²) in [7, 11) is 3.35. The van der Waals surface area contributed by atoms with Gasteiger partial charge in [-0.3, -0.25) is 14.3 Å². The Bertz CT molecular complexity index is 1070. The van der Waals surface area contributed by atoms with Crippen LogP contribution in [0.3, 0.4) is 0 Å². The fraction of sp³-hybridized carbons (Fsp3) is 0.300. The van der Waals surface area contributed by atoms with E-state index < -0.39 is 0 Å². The number of methoxy groups -OCH3 is 1. The van der Waals surface area contributed by atoms with Gasteiger partial charge in [0.05, 0.1) is 36.3 Å². The number of aryl methyl sites for hydroxylation is 4. The molecule has 1 aromatic carbocycles. The quantitative estimate of drug-likeness (QED) is 0.706. The van der Waals surface area contributed by atoms with E-state index in [1.54, 1.807) is 23.7 Å². The monoisotopic (exact) mass is 381 g/mol. The van der Waals surface area contributed by atoms with E-state index in [4.69, 9.17) is 4.74 Å². The molecule has 0 aliphatic heterocycles. The molecular formula is C20H23N5O3. The van der Waals surface area contributed by atoms with Crippen molar-refractivity contribution in [2.75, 3.05) is 19.0 Å². The second-order valence-electron chi connectivity index (χ2n) is 6.64. The number of carbonyl (C=O) groups excluding carboxylic acids is 2. The van der Waals surface area contributed by atoms with Crippen LogP contribution in [0.15, 0.2) is 24.3 Å². The van der Waals surface area contributed by atoms with Gasteiger partial charge in [0.2, 0.25) is 5.91 Å².